The zero-order valence-corrected chi connectivity index (χ0v) is 17.2. The van der Waals surface area contributed by atoms with Crippen molar-refractivity contribution in [1.29, 1.82) is 0 Å². The van der Waals surface area contributed by atoms with E-state index in [0.29, 0.717) is 36.0 Å². The number of hydrogen-bond donors (Lipinski definition) is 2. The Morgan fingerprint density at radius 2 is 2.03 bits per heavy atom. The normalized spacial score (nSPS) is 11.5. The molecule has 0 fully saturated rings. The van der Waals surface area contributed by atoms with E-state index in [1.165, 1.54) is 6.07 Å². The number of anilines is 2. The summed E-state index contributed by atoms with van der Waals surface area (Å²) in [5.74, 6) is -0.402. The van der Waals surface area contributed by atoms with Crippen molar-refractivity contribution in [2.24, 2.45) is 0 Å². The molecule has 0 radical (unpaired) electrons. The summed E-state index contributed by atoms with van der Waals surface area (Å²) < 4.78 is 6.57. The molecule has 3 N–H and O–H groups in total. The molecule has 2 rings (SSSR count). The first-order valence-corrected chi connectivity index (χ1v) is 10.0. The second-order valence-corrected chi connectivity index (χ2v) is 7.17. The Morgan fingerprint density at radius 1 is 1.34 bits per heavy atom. The van der Waals surface area contributed by atoms with Gasteiger partial charge in [0.15, 0.2) is 5.16 Å². The van der Waals surface area contributed by atoms with Crippen LogP contribution in [-0.2, 0) is 16.1 Å². The summed E-state index contributed by atoms with van der Waals surface area (Å²) in [6.45, 7) is 7.94. The minimum Gasteiger partial charge on any atom is -0.462 e. The van der Waals surface area contributed by atoms with Crippen molar-refractivity contribution in [3.63, 3.8) is 0 Å². The van der Waals surface area contributed by atoms with Crippen LogP contribution in [-0.4, -0.2) is 33.3 Å². The largest absolute Gasteiger partial charge is 0.462 e. The molecule has 0 saturated carbocycles. The third-order valence-electron chi connectivity index (χ3n) is 3.91. The Bertz CT molecular complexity index is 940. The van der Waals surface area contributed by atoms with Crippen molar-refractivity contribution < 1.29 is 14.3 Å². The van der Waals surface area contributed by atoms with Gasteiger partial charge in [-0.2, -0.15) is 4.98 Å². The van der Waals surface area contributed by atoms with Crippen molar-refractivity contribution in [2.75, 3.05) is 17.7 Å². The smallest absolute Gasteiger partial charge is 0.338 e. The van der Waals surface area contributed by atoms with Crippen LogP contribution in [0.4, 0.5) is 11.5 Å². The number of nitrogens with two attached hydrogens (primary N) is 1. The maximum absolute atomic E-state index is 12.7. The van der Waals surface area contributed by atoms with E-state index < -0.39 is 16.8 Å². The summed E-state index contributed by atoms with van der Waals surface area (Å²) in [6, 6.07) is 7.67. The van der Waals surface area contributed by atoms with Crippen molar-refractivity contribution in [3.05, 3.63) is 58.9 Å². The van der Waals surface area contributed by atoms with Gasteiger partial charge in [-0.05, 0) is 37.6 Å². The number of carbonyl (C=O) groups excluding carboxylic acids is 2. The zero-order chi connectivity index (χ0) is 21.4. The number of esters is 1. The Hall–Kier alpha value is -3.07. The molecule has 0 saturated heterocycles. The van der Waals surface area contributed by atoms with Crippen LogP contribution in [0.25, 0.3) is 0 Å². The van der Waals surface area contributed by atoms with Gasteiger partial charge in [0.1, 0.15) is 5.82 Å². The van der Waals surface area contributed by atoms with E-state index in [0.717, 1.165) is 11.8 Å². The van der Waals surface area contributed by atoms with Crippen LogP contribution < -0.4 is 16.6 Å². The Kier molecular flexibility index (Phi) is 8.02. The van der Waals surface area contributed by atoms with Crippen molar-refractivity contribution in [3.8, 4) is 0 Å². The number of ether oxygens (including phenoxy) is 1. The highest BCUT2D eigenvalue weighted by Gasteiger charge is 2.21. The summed E-state index contributed by atoms with van der Waals surface area (Å²) >= 11 is 1.16. The molecule has 2 aromatic rings. The van der Waals surface area contributed by atoms with Gasteiger partial charge in [-0.25, -0.2) is 4.79 Å². The number of nitrogens with one attached hydrogen (secondary N) is 1. The summed E-state index contributed by atoms with van der Waals surface area (Å²) in [4.78, 5) is 40.2. The van der Waals surface area contributed by atoms with E-state index in [1.54, 1.807) is 41.8 Å². The molecule has 0 spiro atoms. The molecule has 0 bridgehead atoms. The average Bonchev–Trinajstić information content (AvgIpc) is 2.69. The highest BCUT2D eigenvalue weighted by Crippen LogP contribution is 2.26. The lowest BCUT2D eigenvalue weighted by molar-refractivity contribution is -0.115. The number of allylic oxidation sites excluding steroid dienone is 1. The van der Waals surface area contributed by atoms with Crippen LogP contribution in [0.1, 0.15) is 30.6 Å². The molecule has 1 heterocycles. The Morgan fingerprint density at radius 3 is 2.62 bits per heavy atom. The minimum absolute atomic E-state index is 0.247. The first-order chi connectivity index (χ1) is 13.9. The molecule has 1 unspecified atom stereocenters. The lowest BCUT2D eigenvalue weighted by Crippen LogP contribution is -2.26. The number of thioether (sulfide) groups is 1. The standard InChI is InChI=1S/C20H24N4O4S/c1-4-11-24-16(21)12-17(25)23-20(24)29-15(5-2)18(26)22-14-9-7-13(8-10-14)19(27)28-6-3/h4,7-10,12,15H,1,5-6,11,21H2,2-3H3,(H,22,26). The lowest BCUT2D eigenvalue weighted by atomic mass is 10.2. The third-order valence-corrected chi connectivity index (χ3v) is 5.26. The molecular weight excluding hydrogens is 392 g/mol. The van der Waals surface area contributed by atoms with Crippen molar-refractivity contribution in [1.82, 2.24) is 9.55 Å². The van der Waals surface area contributed by atoms with Gasteiger partial charge in [0.25, 0.3) is 5.56 Å². The quantitative estimate of drug-likeness (QED) is 0.279. The van der Waals surface area contributed by atoms with Gasteiger partial charge in [0.05, 0.1) is 17.4 Å². The molecule has 1 amide bonds. The van der Waals surface area contributed by atoms with Crippen LogP contribution in [0.3, 0.4) is 0 Å². The second kappa shape index (κ2) is 10.5. The molecule has 154 valence electrons. The monoisotopic (exact) mass is 416 g/mol. The highest BCUT2D eigenvalue weighted by atomic mass is 32.2. The number of nitrogen functional groups attached to an aromatic ring is 1. The number of rotatable bonds is 9. The average molecular weight is 417 g/mol. The molecule has 0 aliphatic carbocycles. The van der Waals surface area contributed by atoms with Crippen molar-refractivity contribution in [2.45, 2.75) is 37.2 Å². The number of nitrogens with zero attached hydrogens (tertiary/aromatic N) is 2. The topological polar surface area (TPSA) is 116 Å². The van der Waals surface area contributed by atoms with Gasteiger partial charge < -0.3 is 20.4 Å². The Labute approximate surface area is 173 Å². The summed E-state index contributed by atoms with van der Waals surface area (Å²) in [5, 5.41) is 2.67. The molecule has 1 atom stereocenters. The molecule has 8 nitrogen and oxygen atoms in total. The molecule has 1 aromatic carbocycles. The van der Waals surface area contributed by atoms with Gasteiger partial charge in [-0.1, -0.05) is 24.8 Å². The minimum atomic E-state index is -0.496. The van der Waals surface area contributed by atoms with E-state index in [4.69, 9.17) is 10.5 Å². The number of benzene rings is 1. The van der Waals surface area contributed by atoms with Crippen LogP contribution in [0, 0.1) is 0 Å². The Balaban J connectivity index is 2.14. The summed E-state index contributed by atoms with van der Waals surface area (Å²) in [5.41, 5.74) is 6.40. The summed E-state index contributed by atoms with van der Waals surface area (Å²) in [6.07, 6.45) is 2.15. The van der Waals surface area contributed by atoms with Gasteiger partial charge in [-0.15, -0.1) is 6.58 Å². The first kappa shape index (κ1) is 22.2. The first-order valence-electron chi connectivity index (χ1n) is 9.12. The van der Waals surface area contributed by atoms with E-state index >= 15 is 0 Å². The molecule has 9 heteroatoms. The van der Waals surface area contributed by atoms with Gasteiger partial charge in [0, 0.05) is 18.3 Å². The third kappa shape index (κ3) is 5.95. The van der Waals surface area contributed by atoms with E-state index in [1.807, 2.05) is 6.92 Å². The van der Waals surface area contributed by atoms with Crippen LogP contribution in [0.5, 0.6) is 0 Å². The second-order valence-electron chi connectivity index (χ2n) is 6.00. The van der Waals surface area contributed by atoms with Gasteiger partial charge in [0.2, 0.25) is 5.91 Å². The van der Waals surface area contributed by atoms with Crippen LogP contribution in [0.15, 0.2) is 52.9 Å². The predicted octanol–water partition coefficient (Wildman–Crippen LogP) is 2.70. The fourth-order valence-corrected chi connectivity index (χ4v) is 3.52. The number of aromatic nitrogens is 2. The molecule has 0 aliphatic heterocycles. The van der Waals surface area contributed by atoms with E-state index in [-0.39, 0.29) is 11.7 Å². The number of amides is 1. The summed E-state index contributed by atoms with van der Waals surface area (Å²) in [7, 11) is 0. The van der Waals surface area contributed by atoms with Crippen LogP contribution >= 0.6 is 11.8 Å². The zero-order valence-electron chi connectivity index (χ0n) is 16.4. The predicted molar refractivity (Wildman–Crippen MR) is 114 cm³/mol. The number of hydrogen-bond acceptors (Lipinski definition) is 7. The fourth-order valence-electron chi connectivity index (χ4n) is 2.48. The van der Waals surface area contributed by atoms with E-state index in [2.05, 4.69) is 16.9 Å². The maximum Gasteiger partial charge on any atom is 0.338 e. The SMILES string of the molecule is C=CCn1c(N)cc(=O)nc1SC(CC)C(=O)Nc1ccc(C(=O)OCC)cc1. The fraction of sp³-hybridized carbons (Fsp3) is 0.300. The molecule has 0 aliphatic rings. The molecule has 1 aromatic heterocycles. The van der Waals surface area contributed by atoms with Gasteiger partial charge in [-0.3, -0.25) is 9.59 Å². The number of carbonyl (C=O) groups is 2. The molecular formula is C20H24N4O4S. The van der Waals surface area contributed by atoms with Gasteiger partial charge >= 0.3 is 5.97 Å². The van der Waals surface area contributed by atoms with Crippen LogP contribution in [0.2, 0.25) is 0 Å². The maximum atomic E-state index is 12.7. The van der Waals surface area contributed by atoms with Crippen molar-refractivity contribution >= 4 is 35.1 Å². The lowest BCUT2D eigenvalue weighted by Gasteiger charge is -2.18. The highest BCUT2D eigenvalue weighted by molar-refractivity contribution is 8.00. The molecule has 29 heavy (non-hydrogen) atoms. The van der Waals surface area contributed by atoms with E-state index in [9.17, 15) is 14.4 Å².